The molecule has 0 radical (unpaired) electrons. The Morgan fingerprint density at radius 1 is 1.23 bits per heavy atom. The zero-order chi connectivity index (χ0) is 19.2. The number of rotatable bonds is 9. The number of ether oxygens (including phenoxy) is 1. The van der Waals surface area contributed by atoms with Gasteiger partial charge in [-0.3, -0.25) is 10.1 Å². The number of hydrogen-bond donors (Lipinski definition) is 1. The molecule has 0 bridgehead atoms. The van der Waals surface area contributed by atoms with Gasteiger partial charge in [0.1, 0.15) is 5.75 Å². The van der Waals surface area contributed by atoms with E-state index in [1.807, 2.05) is 6.92 Å². The Kier molecular flexibility index (Phi) is 7.10. The van der Waals surface area contributed by atoms with Crippen LogP contribution < -0.4 is 10.1 Å². The van der Waals surface area contributed by atoms with Gasteiger partial charge in [0.05, 0.1) is 12.4 Å². The van der Waals surface area contributed by atoms with Gasteiger partial charge in [-0.1, -0.05) is 38.5 Å². The maximum atomic E-state index is 12.3. The van der Waals surface area contributed by atoms with Crippen molar-refractivity contribution in [2.24, 2.45) is 5.92 Å². The Morgan fingerprint density at radius 3 is 2.54 bits per heavy atom. The summed E-state index contributed by atoms with van der Waals surface area (Å²) in [6, 6.07) is 6.73. The minimum absolute atomic E-state index is 0.0317. The van der Waals surface area contributed by atoms with E-state index < -0.39 is 9.84 Å². The highest BCUT2D eigenvalue weighted by molar-refractivity contribution is 7.93. The SMILES string of the molecule is CCCCS(=O)(=O)c1nnc(NC(=O)c2ccc(OCC(C)C)cc2)s1. The number of carbonyl (C=O) groups excluding carboxylic acids is 1. The Labute approximate surface area is 157 Å². The Morgan fingerprint density at radius 2 is 1.92 bits per heavy atom. The number of amides is 1. The molecule has 142 valence electrons. The quantitative estimate of drug-likeness (QED) is 0.651. The lowest BCUT2D eigenvalue weighted by Gasteiger charge is -2.09. The fourth-order valence-corrected chi connectivity index (χ4v) is 4.42. The average Bonchev–Trinajstić information content (AvgIpc) is 3.08. The van der Waals surface area contributed by atoms with Gasteiger partial charge in [0.25, 0.3) is 5.91 Å². The van der Waals surface area contributed by atoms with Crippen LogP contribution in [0.3, 0.4) is 0 Å². The standard InChI is InChI=1S/C17H23N3O4S2/c1-4-5-10-26(22,23)17-20-19-16(25-17)18-15(21)13-6-8-14(9-7-13)24-11-12(2)3/h6-9,12H,4-5,10-11H2,1-3H3,(H,18,19,21). The molecule has 9 heteroatoms. The Bertz CT molecular complexity index is 830. The normalized spacial score (nSPS) is 11.5. The monoisotopic (exact) mass is 397 g/mol. The van der Waals surface area contributed by atoms with Crippen LogP contribution in [0, 0.1) is 5.92 Å². The molecule has 0 saturated heterocycles. The van der Waals surface area contributed by atoms with Crippen LogP contribution in [-0.4, -0.2) is 36.9 Å². The van der Waals surface area contributed by atoms with Crippen LogP contribution >= 0.6 is 11.3 Å². The molecule has 1 heterocycles. The van der Waals surface area contributed by atoms with Gasteiger partial charge >= 0.3 is 0 Å². The number of hydrogen-bond acceptors (Lipinski definition) is 7. The zero-order valence-electron chi connectivity index (χ0n) is 15.1. The summed E-state index contributed by atoms with van der Waals surface area (Å²) in [6.07, 6.45) is 1.34. The van der Waals surface area contributed by atoms with Crippen molar-refractivity contribution >= 4 is 32.2 Å². The fraction of sp³-hybridized carbons (Fsp3) is 0.471. The smallest absolute Gasteiger partial charge is 0.257 e. The highest BCUT2D eigenvalue weighted by atomic mass is 32.2. The number of carbonyl (C=O) groups is 1. The Hall–Kier alpha value is -2.00. The summed E-state index contributed by atoms with van der Waals surface area (Å²) >= 11 is 0.861. The summed E-state index contributed by atoms with van der Waals surface area (Å²) in [5, 5.41) is 10.2. The minimum atomic E-state index is -3.44. The Balaban J connectivity index is 2.00. The highest BCUT2D eigenvalue weighted by Gasteiger charge is 2.20. The number of nitrogens with zero attached hydrogens (tertiary/aromatic N) is 2. The van der Waals surface area contributed by atoms with E-state index in [0.717, 1.165) is 17.8 Å². The second-order valence-corrected chi connectivity index (χ2v) is 9.49. The molecule has 1 amide bonds. The maximum absolute atomic E-state index is 12.3. The number of nitrogens with one attached hydrogen (secondary N) is 1. The van der Waals surface area contributed by atoms with E-state index in [2.05, 4.69) is 29.4 Å². The molecule has 1 aromatic carbocycles. The van der Waals surface area contributed by atoms with E-state index in [0.29, 0.717) is 30.3 Å². The van der Waals surface area contributed by atoms with E-state index in [1.54, 1.807) is 24.3 Å². The predicted octanol–water partition coefficient (Wildman–Crippen LogP) is 3.40. The third-order valence-corrected chi connectivity index (χ3v) is 6.44. The average molecular weight is 398 g/mol. The summed E-state index contributed by atoms with van der Waals surface area (Å²) in [5.74, 6) is 0.756. The molecule has 7 nitrogen and oxygen atoms in total. The number of aromatic nitrogens is 2. The summed E-state index contributed by atoms with van der Waals surface area (Å²) in [4.78, 5) is 12.3. The van der Waals surface area contributed by atoms with Crippen molar-refractivity contribution in [2.75, 3.05) is 17.7 Å². The van der Waals surface area contributed by atoms with Crippen LogP contribution in [0.2, 0.25) is 0 Å². The summed E-state index contributed by atoms with van der Waals surface area (Å²) in [7, 11) is -3.44. The molecule has 0 spiro atoms. The van der Waals surface area contributed by atoms with Crippen molar-refractivity contribution in [2.45, 2.75) is 38.0 Å². The molecule has 0 aliphatic rings. The number of unbranched alkanes of at least 4 members (excludes halogenated alkanes) is 1. The van der Waals surface area contributed by atoms with Crippen molar-refractivity contribution in [3.63, 3.8) is 0 Å². The first-order chi connectivity index (χ1) is 12.3. The molecular formula is C17H23N3O4S2. The second-order valence-electron chi connectivity index (χ2n) is 6.23. The summed E-state index contributed by atoms with van der Waals surface area (Å²) < 4.78 is 29.7. The molecule has 26 heavy (non-hydrogen) atoms. The molecule has 0 saturated carbocycles. The third kappa shape index (κ3) is 5.77. The van der Waals surface area contributed by atoms with Crippen molar-refractivity contribution in [3.05, 3.63) is 29.8 Å². The lowest BCUT2D eigenvalue weighted by molar-refractivity contribution is 0.102. The molecule has 0 aliphatic heterocycles. The largest absolute Gasteiger partial charge is 0.493 e. The van der Waals surface area contributed by atoms with Gasteiger partial charge in [0.15, 0.2) is 0 Å². The zero-order valence-corrected chi connectivity index (χ0v) is 16.7. The maximum Gasteiger partial charge on any atom is 0.257 e. The van der Waals surface area contributed by atoms with Crippen LogP contribution in [0.25, 0.3) is 0 Å². The van der Waals surface area contributed by atoms with Gasteiger partial charge in [-0.25, -0.2) is 8.42 Å². The first-order valence-electron chi connectivity index (χ1n) is 8.42. The van der Waals surface area contributed by atoms with E-state index >= 15 is 0 Å². The molecule has 2 rings (SSSR count). The van der Waals surface area contributed by atoms with E-state index in [1.165, 1.54) is 0 Å². The lowest BCUT2D eigenvalue weighted by Crippen LogP contribution is -2.11. The van der Waals surface area contributed by atoms with Crippen LogP contribution in [0.5, 0.6) is 5.75 Å². The van der Waals surface area contributed by atoms with Gasteiger partial charge in [0, 0.05) is 5.56 Å². The van der Waals surface area contributed by atoms with Crippen LogP contribution in [-0.2, 0) is 9.84 Å². The van der Waals surface area contributed by atoms with Crippen molar-refractivity contribution in [3.8, 4) is 5.75 Å². The highest BCUT2D eigenvalue weighted by Crippen LogP contribution is 2.22. The summed E-state index contributed by atoms with van der Waals surface area (Å²) in [5.41, 5.74) is 0.424. The minimum Gasteiger partial charge on any atom is -0.493 e. The topological polar surface area (TPSA) is 98.3 Å². The molecule has 2 aromatic rings. The predicted molar refractivity (Wildman–Crippen MR) is 102 cm³/mol. The van der Waals surface area contributed by atoms with Crippen molar-refractivity contribution in [1.82, 2.24) is 10.2 Å². The first kappa shape index (κ1) is 20.3. The lowest BCUT2D eigenvalue weighted by atomic mass is 10.2. The number of benzene rings is 1. The fourth-order valence-electron chi connectivity index (χ4n) is 1.94. The number of anilines is 1. The molecule has 0 atom stereocenters. The van der Waals surface area contributed by atoms with Crippen molar-refractivity contribution < 1.29 is 17.9 Å². The molecule has 0 unspecified atom stereocenters. The molecular weight excluding hydrogens is 374 g/mol. The summed E-state index contributed by atoms with van der Waals surface area (Å²) in [6.45, 7) is 6.63. The van der Waals surface area contributed by atoms with Gasteiger partial charge < -0.3 is 4.74 Å². The third-order valence-electron chi connectivity index (χ3n) is 3.36. The van der Waals surface area contributed by atoms with Gasteiger partial charge in [-0.05, 0) is 36.6 Å². The molecule has 0 aliphatic carbocycles. The second kappa shape index (κ2) is 9.09. The van der Waals surface area contributed by atoms with E-state index in [4.69, 9.17) is 4.74 Å². The van der Waals surface area contributed by atoms with Crippen molar-refractivity contribution in [1.29, 1.82) is 0 Å². The molecule has 1 aromatic heterocycles. The van der Waals surface area contributed by atoms with Crippen LogP contribution in [0.1, 0.15) is 44.0 Å². The van der Waals surface area contributed by atoms with Gasteiger partial charge in [-0.2, -0.15) is 0 Å². The molecule has 0 fully saturated rings. The first-order valence-corrected chi connectivity index (χ1v) is 10.9. The van der Waals surface area contributed by atoms with Gasteiger partial charge in [0.2, 0.25) is 19.3 Å². The van der Waals surface area contributed by atoms with Crippen LogP contribution in [0.4, 0.5) is 5.13 Å². The van der Waals surface area contributed by atoms with E-state index in [-0.39, 0.29) is 21.1 Å². The van der Waals surface area contributed by atoms with Gasteiger partial charge in [-0.15, -0.1) is 10.2 Å². The molecule has 1 N–H and O–H groups in total. The number of sulfone groups is 1. The van der Waals surface area contributed by atoms with E-state index in [9.17, 15) is 13.2 Å². The van der Waals surface area contributed by atoms with Crippen LogP contribution in [0.15, 0.2) is 28.6 Å².